The van der Waals surface area contributed by atoms with Gasteiger partial charge in [-0.15, -0.1) is 0 Å². The quantitative estimate of drug-likeness (QED) is 0.750. The summed E-state index contributed by atoms with van der Waals surface area (Å²) in [5, 5.41) is 15.5. The lowest BCUT2D eigenvalue weighted by Crippen LogP contribution is -2.30. The Bertz CT molecular complexity index is 372. The Labute approximate surface area is 95.5 Å². The van der Waals surface area contributed by atoms with Crippen LogP contribution in [0.15, 0.2) is 0 Å². The van der Waals surface area contributed by atoms with Crippen LogP contribution in [-0.4, -0.2) is 33.9 Å². The molecule has 5 heteroatoms. The molecule has 1 heterocycles. The third-order valence-corrected chi connectivity index (χ3v) is 2.61. The van der Waals surface area contributed by atoms with E-state index in [1.807, 2.05) is 13.8 Å². The molecule has 2 N–H and O–H groups in total. The number of amides is 1. The Morgan fingerprint density at radius 2 is 2.19 bits per heavy atom. The zero-order chi connectivity index (χ0) is 12.1. The first kappa shape index (κ1) is 12.7. The molecule has 1 amide bonds. The van der Waals surface area contributed by atoms with E-state index in [0.717, 1.165) is 17.8 Å². The maximum Gasteiger partial charge on any atom is 0.241 e. The lowest BCUT2D eigenvalue weighted by atomic mass is 10.1. The summed E-state index contributed by atoms with van der Waals surface area (Å²) in [6, 6.07) is 0. The molecule has 90 valence electrons. The van der Waals surface area contributed by atoms with Gasteiger partial charge in [0.05, 0.1) is 12.3 Å². The summed E-state index contributed by atoms with van der Waals surface area (Å²) >= 11 is 0. The Morgan fingerprint density at radius 3 is 2.69 bits per heavy atom. The van der Waals surface area contributed by atoms with E-state index >= 15 is 0 Å². The van der Waals surface area contributed by atoms with Gasteiger partial charge < -0.3 is 10.4 Å². The topological polar surface area (TPSA) is 67.2 Å². The molecular formula is C11H19N3O2. The van der Waals surface area contributed by atoms with Gasteiger partial charge in [-0.2, -0.15) is 5.10 Å². The molecule has 0 aliphatic heterocycles. The van der Waals surface area contributed by atoms with E-state index in [2.05, 4.69) is 17.3 Å². The fourth-order valence-corrected chi connectivity index (χ4v) is 1.79. The highest BCUT2D eigenvalue weighted by atomic mass is 16.3. The van der Waals surface area contributed by atoms with Crippen LogP contribution in [0.25, 0.3) is 0 Å². The van der Waals surface area contributed by atoms with Gasteiger partial charge in [-0.3, -0.25) is 9.48 Å². The van der Waals surface area contributed by atoms with E-state index in [-0.39, 0.29) is 19.1 Å². The van der Waals surface area contributed by atoms with Crippen molar-refractivity contribution in [1.29, 1.82) is 0 Å². The van der Waals surface area contributed by atoms with E-state index in [1.165, 1.54) is 5.56 Å². The van der Waals surface area contributed by atoms with Crippen molar-refractivity contribution in [3.63, 3.8) is 0 Å². The van der Waals surface area contributed by atoms with Gasteiger partial charge in [-0.05, 0) is 25.8 Å². The summed E-state index contributed by atoms with van der Waals surface area (Å²) in [5.41, 5.74) is 3.23. The van der Waals surface area contributed by atoms with Gasteiger partial charge in [0.15, 0.2) is 0 Å². The van der Waals surface area contributed by atoms with Crippen LogP contribution in [0.1, 0.15) is 23.9 Å². The second-order valence-electron chi connectivity index (χ2n) is 3.73. The minimum absolute atomic E-state index is 0.0386. The van der Waals surface area contributed by atoms with Crippen molar-refractivity contribution >= 4 is 5.91 Å². The molecule has 0 fully saturated rings. The van der Waals surface area contributed by atoms with Crippen molar-refractivity contribution in [2.45, 2.75) is 33.7 Å². The lowest BCUT2D eigenvalue weighted by Gasteiger charge is -2.05. The Hall–Kier alpha value is -1.36. The van der Waals surface area contributed by atoms with Crippen LogP contribution >= 0.6 is 0 Å². The number of carbonyl (C=O) groups excluding carboxylic acids is 1. The van der Waals surface area contributed by atoms with E-state index in [4.69, 9.17) is 5.11 Å². The van der Waals surface area contributed by atoms with Crippen molar-refractivity contribution in [2.75, 3.05) is 13.2 Å². The van der Waals surface area contributed by atoms with Crippen LogP contribution in [0.5, 0.6) is 0 Å². The monoisotopic (exact) mass is 225 g/mol. The first-order valence-corrected chi connectivity index (χ1v) is 5.50. The molecule has 0 aliphatic carbocycles. The average molecular weight is 225 g/mol. The third kappa shape index (κ3) is 2.82. The SMILES string of the molecule is CCc1c(C)nn(CC(=O)NCCO)c1C. The molecule has 0 bridgehead atoms. The van der Waals surface area contributed by atoms with Crippen LogP contribution in [-0.2, 0) is 17.8 Å². The molecule has 0 atom stereocenters. The maximum atomic E-state index is 11.4. The van der Waals surface area contributed by atoms with E-state index in [0.29, 0.717) is 6.54 Å². The van der Waals surface area contributed by atoms with Gasteiger partial charge >= 0.3 is 0 Å². The van der Waals surface area contributed by atoms with Crippen molar-refractivity contribution < 1.29 is 9.90 Å². The molecule has 0 spiro atoms. The fourth-order valence-electron chi connectivity index (χ4n) is 1.79. The van der Waals surface area contributed by atoms with Crippen LogP contribution in [0.4, 0.5) is 0 Å². The van der Waals surface area contributed by atoms with E-state index in [1.54, 1.807) is 4.68 Å². The number of rotatable bonds is 5. The Kier molecular flexibility index (Phi) is 4.49. The second kappa shape index (κ2) is 5.65. The summed E-state index contributed by atoms with van der Waals surface area (Å²) in [6.07, 6.45) is 0.927. The number of nitrogens with one attached hydrogen (secondary N) is 1. The van der Waals surface area contributed by atoms with Crippen molar-refractivity contribution in [1.82, 2.24) is 15.1 Å². The first-order valence-electron chi connectivity index (χ1n) is 5.50. The minimum atomic E-state index is -0.123. The number of aromatic nitrogens is 2. The number of hydrogen-bond donors (Lipinski definition) is 2. The van der Waals surface area contributed by atoms with Crippen LogP contribution in [0.3, 0.4) is 0 Å². The largest absolute Gasteiger partial charge is 0.395 e. The number of carbonyl (C=O) groups is 1. The predicted molar refractivity (Wildman–Crippen MR) is 61.2 cm³/mol. The van der Waals surface area contributed by atoms with Crippen LogP contribution < -0.4 is 5.32 Å². The van der Waals surface area contributed by atoms with Crippen LogP contribution in [0, 0.1) is 13.8 Å². The van der Waals surface area contributed by atoms with E-state index < -0.39 is 0 Å². The number of aryl methyl sites for hydroxylation is 1. The van der Waals surface area contributed by atoms with Crippen molar-refractivity contribution in [3.05, 3.63) is 17.0 Å². The molecule has 1 aromatic heterocycles. The highest BCUT2D eigenvalue weighted by molar-refractivity contribution is 5.75. The fraction of sp³-hybridized carbons (Fsp3) is 0.636. The highest BCUT2D eigenvalue weighted by Crippen LogP contribution is 2.12. The van der Waals surface area contributed by atoms with Gasteiger partial charge in [0.25, 0.3) is 0 Å². The van der Waals surface area contributed by atoms with Gasteiger partial charge in [0.2, 0.25) is 5.91 Å². The number of hydrogen-bond acceptors (Lipinski definition) is 3. The summed E-state index contributed by atoms with van der Waals surface area (Å²) in [5.74, 6) is -0.123. The molecule has 1 aromatic rings. The summed E-state index contributed by atoms with van der Waals surface area (Å²) in [6.45, 7) is 6.47. The molecule has 0 aliphatic rings. The van der Waals surface area contributed by atoms with Gasteiger partial charge in [0, 0.05) is 12.2 Å². The first-order chi connectivity index (χ1) is 7.60. The smallest absolute Gasteiger partial charge is 0.241 e. The summed E-state index contributed by atoms with van der Waals surface area (Å²) in [7, 11) is 0. The Morgan fingerprint density at radius 1 is 1.50 bits per heavy atom. The standard InChI is InChI=1S/C11H19N3O2/c1-4-10-8(2)13-14(9(10)3)7-11(16)12-5-6-15/h15H,4-7H2,1-3H3,(H,12,16). The van der Waals surface area contributed by atoms with Crippen molar-refractivity contribution in [3.8, 4) is 0 Å². The molecule has 0 aromatic carbocycles. The second-order valence-corrected chi connectivity index (χ2v) is 3.73. The zero-order valence-electron chi connectivity index (χ0n) is 10.1. The summed E-state index contributed by atoms with van der Waals surface area (Å²) in [4.78, 5) is 11.4. The van der Waals surface area contributed by atoms with Gasteiger partial charge in [-0.25, -0.2) is 0 Å². The molecular weight excluding hydrogens is 206 g/mol. The number of aliphatic hydroxyl groups is 1. The molecule has 5 nitrogen and oxygen atoms in total. The number of nitrogens with zero attached hydrogens (tertiary/aromatic N) is 2. The zero-order valence-corrected chi connectivity index (χ0v) is 10.1. The van der Waals surface area contributed by atoms with Gasteiger partial charge in [0.1, 0.15) is 6.54 Å². The average Bonchev–Trinajstić information content (AvgIpc) is 2.51. The number of aliphatic hydroxyl groups excluding tert-OH is 1. The Balaban J connectivity index is 2.70. The molecule has 0 saturated heterocycles. The minimum Gasteiger partial charge on any atom is -0.395 e. The third-order valence-electron chi connectivity index (χ3n) is 2.61. The van der Waals surface area contributed by atoms with Gasteiger partial charge in [-0.1, -0.05) is 6.92 Å². The normalized spacial score (nSPS) is 10.5. The molecule has 0 radical (unpaired) electrons. The molecule has 1 rings (SSSR count). The molecule has 0 unspecified atom stereocenters. The molecule has 16 heavy (non-hydrogen) atoms. The van der Waals surface area contributed by atoms with Crippen LogP contribution in [0.2, 0.25) is 0 Å². The molecule has 0 saturated carbocycles. The van der Waals surface area contributed by atoms with Crippen molar-refractivity contribution in [2.24, 2.45) is 0 Å². The van der Waals surface area contributed by atoms with E-state index in [9.17, 15) is 4.79 Å². The summed E-state index contributed by atoms with van der Waals surface area (Å²) < 4.78 is 1.71. The highest BCUT2D eigenvalue weighted by Gasteiger charge is 2.11. The maximum absolute atomic E-state index is 11.4. The predicted octanol–water partition coefficient (Wildman–Crippen LogP) is 0.171. The lowest BCUT2D eigenvalue weighted by molar-refractivity contribution is -0.122.